The Labute approximate surface area is 87.4 Å². The summed E-state index contributed by atoms with van der Waals surface area (Å²) in [4.78, 5) is 4.69. The van der Waals surface area contributed by atoms with Gasteiger partial charge in [0.15, 0.2) is 0 Å². The Hall–Kier alpha value is -0.780. The molecule has 1 rings (SSSR count). The fraction of sp³-hybridized carbons (Fsp3) is 0.889. The Morgan fingerprint density at radius 1 is 1.40 bits per heavy atom. The Bertz CT molecular complexity index is 258. The first-order valence-corrected chi connectivity index (χ1v) is 4.81. The molecule has 0 radical (unpaired) electrons. The SMILES string of the molecule is CN=C(N1CCNCC1(C)C)C(F)(F)F. The van der Waals surface area contributed by atoms with Crippen molar-refractivity contribution in [2.75, 3.05) is 26.7 Å². The predicted molar refractivity (Wildman–Crippen MR) is 53.1 cm³/mol. The van der Waals surface area contributed by atoms with Crippen molar-refractivity contribution < 1.29 is 13.2 Å². The first-order valence-electron chi connectivity index (χ1n) is 4.81. The summed E-state index contributed by atoms with van der Waals surface area (Å²) in [5, 5.41) is 3.07. The molecule has 1 aliphatic heterocycles. The number of halogens is 3. The highest BCUT2D eigenvalue weighted by atomic mass is 19.4. The lowest BCUT2D eigenvalue weighted by Gasteiger charge is -2.44. The van der Waals surface area contributed by atoms with Crippen LogP contribution < -0.4 is 5.32 Å². The van der Waals surface area contributed by atoms with Crippen molar-refractivity contribution >= 4 is 5.84 Å². The lowest BCUT2D eigenvalue weighted by Crippen LogP contribution is -2.62. The van der Waals surface area contributed by atoms with Crippen molar-refractivity contribution in [1.29, 1.82) is 0 Å². The van der Waals surface area contributed by atoms with Crippen molar-refractivity contribution in [3.8, 4) is 0 Å². The average molecular weight is 223 g/mol. The van der Waals surface area contributed by atoms with Crippen molar-refractivity contribution in [2.24, 2.45) is 4.99 Å². The Morgan fingerprint density at radius 2 is 2.00 bits per heavy atom. The van der Waals surface area contributed by atoms with Crippen LogP contribution in [0.5, 0.6) is 0 Å². The minimum atomic E-state index is -4.37. The Morgan fingerprint density at radius 3 is 2.40 bits per heavy atom. The quantitative estimate of drug-likeness (QED) is 0.494. The second-order valence-electron chi connectivity index (χ2n) is 4.19. The lowest BCUT2D eigenvalue weighted by molar-refractivity contribution is -0.0749. The van der Waals surface area contributed by atoms with E-state index in [1.54, 1.807) is 13.8 Å². The Balaban J connectivity index is 2.94. The third kappa shape index (κ3) is 2.62. The molecule has 0 aromatic carbocycles. The average Bonchev–Trinajstić information content (AvgIpc) is 2.06. The van der Waals surface area contributed by atoms with Crippen LogP contribution in [-0.2, 0) is 0 Å². The summed E-state index contributed by atoms with van der Waals surface area (Å²) in [6.45, 7) is 4.96. The zero-order valence-corrected chi connectivity index (χ0v) is 9.15. The number of hydrogen-bond acceptors (Lipinski definition) is 2. The zero-order chi connectivity index (χ0) is 11.7. The molecule has 1 fully saturated rings. The smallest absolute Gasteiger partial charge is 0.345 e. The maximum absolute atomic E-state index is 12.7. The maximum Gasteiger partial charge on any atom is 0.449 e. The summed E-state index contributed by atoms with van der Waals surface area (Å²) >= 11 is 0. The summed E-state index contributed by atoms with van der Waals surface area (Å²) in [7, 11) is 1.18. The van der Waals surface area contributed by atoms with E-state index in [0.717, 1.165) is 0 Å². The molecular weight excluding hydrogens is 207 g/mol. The minimum absolute atomic E-state index is 0.333. The Kier molecular flexibility index (Phi) is 3.28. The van der Waals surface area contributed by atoms with Crippen molar-refractivity contribution in [3.63, 3.8) is 0 Å². The fourth-order valence-corrected chi connectivity index (χ4v) is 1.78. The van der Waals surface area contributed by atoms with Gasteiger partial charge in [0, 0.05) is 32.2 Å². The van der Waals surface area contributed by atoms with E-state index < -0.39 is 17.6 Å². The maximum atomic E-state index is 12.7. The van der Waals surface area contributed by atoms with E-state index in [1.807, 2.05) is 0 Å². The van der Waals surface area contributed by atoms with Gasteiger partial charge in [0.2, 0.25) is 5.84 Å². The lowest BCUT2D eigenvalue weighted by atomic mass is 10.00. The summed E-state index contributed by atoms with van der Waals surface area (Å²) in [5.74, 6) is -0.783. The number of hydrogen-bond donors (Lipinski definition) is 1. The first kappa shape index (κ1) is 12.3. The van der Waals surface area contributed by atoms with E-state index in [4.69, 9.17) is 0 Å². The highest BCUT2D eigenvalue weighted by Gasteiger charge is 2.44. The largest absolute Gasteiger partial charge is 0.449 e. The van der Waals surface area contributed by atoms with Gasteiger partial charge in [-0.25, -0.2) is 0 Å². The van der Waals surface area contributed by atoms with Gasteiger partial charge >= 0.3 is 6.18 Å². The van der Waals surface area contributed by atoms with Crippen LogP contribution in [0.4, 0.5) is 13.2 Å². The fourth-order valence-electron chi connectivity index (χ4n) is 1.78. The van der Waals surface area contributed by atoms with Crippen molar-refractivity contribution in [2.45, 2.75) is 25.6 Å². The molecular formula is C9H16F3N3. The van der Waals surface area contributed by atoms with Gasteiger partial charge in [-0.15, -0.1) is 0 Å². The van der Waals surface area contributed by atoms with Crippen molar-refractivity contribution in [1.82, 2.24) is 10.2 Å². The van der Waals surface area contributed by atoms with E-state index in [1.165, 1.54) is 11.9 Å². The van der Waals surface area contributed by atoms with Crippen molar-refractivity contribution in [3.05, 3.63) is 0 Å². The molecule has 1 N–H and O–H groups in total. The van der Waals surface area contributed by atoms with Gasteiger partial charge < -0.3 is 10.2 Å². The van der Waals surface area contributed by atoms with E-state index >= 15 is 0 Å². The third-order valence-corrected chi connectivity index (χ3v) is 2.52. The van der Waals surface area contributed by atoms with Crippen LogP contribution >= 0.6 is 0 Å². The molecule has 0 saturated carbocycles. The second-order valence-corrected chi connectivity index (χ2v) is 4.19. The van der Waals surface area contributed by atoms with E-state index in [0.29, 0.717) is 19.6 Å². The summed E-state index contributed by atoms with van der Waals surface area (Å²) in [6, 6.07) is 0. The number of rotatable bonds is 0. The molecule has 3 nitrogen and oxygen atoms in total. The first-order chi connectivity index (χ1) is 6.79. The number of piperazine rings is 1. The van der Waals surface area contributed by atoms with Gasteiger partial charge in [0.05, 0.1) is 0 Å². The number of alkyl halides is 3. The normalized spacial score (nSPS) is 23.1. The van der Waals surface area contributed by atoms with Crippen LogP contribution in [0.25, 0.3) is 0 Å². The molecule has 0 amide bonds. The minimum Gasteiger partial charge on any atom is -0.345 e. The monoisotopic (exact) mass is 223 g/mol. The standard InChI is InChI=1S/C9H16F3N3/c1-8(2)6-14-4-5-15(8)7(13-3)9(10,11)12/h14H,4-6H2,1-3H3. The van der Waals surface area contributed by atoms with Gasteiger partial charge in [0.25, 0.3) is 0 Å². The van der Waals surface area contributed by atoms with E-state index in [-0.39, 0.29) is 0 Å². The third-order valence-electron chi connectivity index (χ3n) is 2.52. The summed E-state index contributed by atoms with van der Waals surface area (Å²) in [6.07, 6.45) is -4.37. The topological polar surface area (TPSA) is 27.6 Å². The number of nitrogens with one attached hydrogen (secondary N) is 1. The molecule has 88 valence electrons. The molecule has 15 heavy (non-hydrogen) atoms. The molecule has 6 heteroatoms. The highest BCUT2D eigenvalue weighted by molar-refractivity contribution is 5.88. The van der Waals surface area contributed by atoms with Gasteiger partial charge in [-0.1, -0.05) is 0 Å². The molecule has 0 bridgehead atoms. The van der Waals surface area contributed by atoms with E-state index in [2.05, 4.69) is 10.3 Å². The molecule has 0 aromatic rings. The number of amidine groups is 1. The van der Waals surface area contributed by atoms with Gasteiger partial charge in [-0.3, -0.25) is 4.99 Å². The van der Waals surface area contributed by atoms with Crippen LogP contribution in [0.15, 0.2) is 4.99 Å². The van der Waals surface area contributed by atoms with E-state index in [9.17, 15) is 13.2 Å². The van der Waals surface area contributed by atoms with Crippen LogP contribution in [0.2, 0.25) is 0 Å². The molecule has 0 atom stereocenters. The predicted octanol–water partition coefficient (Wildman–Crippen LogP) is 1.26. The highest BCUT2D eigenvalue weighted by Crippen LogP contribution is 2.26. The van der Waals surface area contributed by atoms with Gasteiger partial charge in [0.1, 0.15) is 0 Å². The molecule has 0 spiro atoms. The van der Waals surface area contributed by atoms with Crippen LogP contribution in [0.3, 0.4) is 0 Å². The summed E-state index contributed by atoms with van der Waals surface area (Å²) < 4.78 is 38.0. The molecule has 0 unspecified atom stereocenters. The van der Waals surface area contributed by atoms with Crippen LogP contribution in [-0.4, -0.2) is 49.1 Å². The van der Waals surface area contributed by atoms with Crippen LogP contribution in [0, 0.1) is 0 Å². The molecule has 0 aliphatic carbocycles. The zero-order valence-electron chi connectivity index (χ0n) is 9.15. The molecule has 1 aliphatic rings. The van der Waals surface area contributed by atoms with Gasteiger partial charge in [-0.2, -0.15) is 13.2 Å². The second kappa shape index (κ2) is 4.00. The van der Waals surface area contributed by atoms with Crippen LogP contribution in [0.1, 0.15) is 13.8 Å². The molecule has 0 aromatic heterocycles. The number of aliphatic imine (C=N–C) groups is 1. The molecule has 1 heterocycles. The number of nitrogens with zero attached hydrogens (tertiary/aromatic N) is 2. The summed E-state index contributed by atoms with van der Waals surface area (Å²) in [5.41, 5.74) is -0.553. The van der Waals surface area contributed by atoms with Gasteiger partial charge in [-0.05, 0) is 13.8 Å². The molecule has 1 saturated heterocycles.